The number of nitrogens with one attached hydrogen (secondary N) is 2. The molecule has 4 heterocycles. The highest BCUT2D eigenvalue weighted by Crippen LogP contribution is 2.26. The fourth-order valence-corrected chi connectivity index (χ4v) is 3.39. The molecule has 0 aliphatic carbocycles. The lowest BCUT2D eigenvalue weighted by molar-refractivity contribution is 0.335. The van der Waals surface area contributed by atoms with Crippen molar-refractivity contribution in [2.75, 3.05) is 5.32 Å². The minimum atomic E-state index is -0.369. The standard InChI is InChI=1S/C22H20N8O2/c1-13(2)17(21-26-18(29-32-21)14-8-10-23-11-9-14)25-22-27-19-16(20(31)28-22)12-24-30(19)15-6-4-3-5-7-15/h3-13,17H,1-2H3,(H2,25,27,28,31). The van der Waals surface area contributed by atoms with Gasteiger partial charge in [-0.2, -0.15) is 15.1 Å². The van der Waals surface area contributed by atoms with Gasteiger partial charge in [-0.05, 0) is 30.2 Å². The highest BCUT2D eigenvalue weighted by Gasteiger charge is 2.24. The molecule has 160 valence electrons. The molecule has 10 heteroatoms. The molecule has 0 amide bonds. The number of benzene rings is 1. The molecular formula is C22H20N8O2. The van der Waals surface area contributed by atoms with Crippen molar-refractivity contribution in [3.8, 4) is 17.1 Å². The first-order valence-corrected chi connectivity index (χ1v) is 10.1. The molecule has 0 aliphatic heterocycles. The van der Waals surface area contributed by atoms with Crippen LogP contribution in [0.15, 0.2) is 70.4 Å². The second-order valence-electron chi connectivity index (χ2n) is 7.60. The number of fused-ring (bicyclic) bond motifs is 1. The van der Waals surface area contributed by atoms with Gasteiger partial charge in [0, 0.05) is 18.0 Å². The minimum absolute atomic E-state index is 0.0702. The maximum absolute atomic E-state index is 12.7. The summed E-state index contributed by atoms with van der Waals surface area (Å²) in [4.78, 5) is 28.6. The van der Waals surface area contributed by atoms with Gasteiger partial charge in [-0.1, -0.05) is 37.2 Å². The van der Waals surface area contributed by atoms with Crippen LogP contribution in [0.3, 0.4) is 0 Å². The lowest BCUT2D eigenvalue weighted by Gasteiger charge is -2.18. The molecule has 10 nitrogen and oxygen atoms in total. The molecule has 2 N–H and O–H groups in total. The van der Waals surface area contributed by atoms with Crippen LogP contribution in [0.2, 0.25) is 0 Å². The predicted octanol–water partition coefficient (Wildman–Crippen LogP) is 3.36. The van der Waals surface area contributed by atoms with Crippen molar-refractivity contribution < 1.29 is 4.52 Å². The zero-order valence-electron chi connectivity index (χ0n) is 17.4. The summed E-state index contributed by atoms with van der Waals surface area (Å²) >= 11 is 0. The predicted molar refractivity (Wildman–Crippen MR) is 118 cm³/mol. The monoisotopic (exact) mass is 428 g/mol. The number of hydrogen-bond donors (Lipinski definition) is 2. The first-order valence-electron chi connectivity index (χ1n) is 10.1. The van der Waals surface area contributed by atoms with Gasteiger partial charge in [-0.25, -0.2) is 4.68 Å². The molecule has 0 radical (unpaired) electrons. The number of rotatable bonds is 6. The second kappa shape index (κ2) is 8.06. The number of pyridine rings is 1. The molecule has 5 rings (SSSR count). The van der Waals surface area contributed by atoms with Crippen LogP contribution in [-0.2, 0) is 0 Å². The molecular weight excluding hydrogens is 408 g/mol. The summed E-state index contributed by atoms with van der Waals surface area (Å²) in [6.07, 6.45) is 4.85. The Morgan fingerprint density at radius 3 is 2.59 bits per heavy atom. The Balaban J connectivity index is 1.51. The van der Waals surface area contributed by atoms with Crippen molar-refractivity contribution in [3.63, 3.8) is 0 Å². The van der Waals surface area contributed by atoms with Gasteiger partial charge in [0.05, 0.1) is 11.9 Å². The van der Waals surface area contributed by atoms with Gasteiger partial charge in [0.1, 0.15) is 11.4 Å². The van der Waals surface area contributed by atoms with Crippen molar-refractivity contribution in [3.05, 3.63) is 77.3 Å². The number of hydrogen-bond acceptors (Lipinski definition) is 8. The van der Waals surface area contributed by atoms with Crippen LogP contribution in [0, 0.1) is 5.92 Å². The number of nitrogens with zero attached hydrogens (tertiary/aromatic N) is 6. The Labute approximate surface area is 182 Å². The summed E-state index contributed by atoms with van der Waals surface area (Å²) in [5.41, 5.74) is 1.78. The Morgan fingerprint density at radius 1 is 1.06 bits per heavy atom. The molecule has 0 bridgehead atoms. The zero-order chi connectivity index (χ0) is 22.1. The second-order valence-corrected chi connectivity index (χ2v) is 7.60. The topological polar surface area (TPSA) is 127 Å². The molecule has 5 aromatic rings. The third-order valence-electron chi connectivity index (χ3n) is 5.04. The first kappa shape index (κ1) is 19.6. The molecule has 0 aliphatic rings. The van der Waals surface area contributed by atoms with Gasteiger partial charge in [0.2, 0.25) is 17.7 Å². The summed E-state index contributed by atoms with van der Waals surface area (Å²) in [5.74, 6) is 1.23. The largest absolute Gasteiger partial charge is 0.344 e. The summed E-state index contributed by atoms with van der Waals surface area (Å²) in [6.45, 7) is 4.03. The van der Waals surface area contributed by atoms with Gasteiger partial charge in [0.15, 0.2) is 5.65 Å². The van der Waals surface area contributed by atoms with E-state index in [-0.39, 0.29) is 17.5 Å². The lowest BCUT2D eigenvalue weighted by Crippen LogP contribution is -2.21. The molecule has 0 fully saturated rings. The summed E-state index contributed by atoms with van der Waals surface area (Å²) < 4.78 is 7.16. The molecule has 1 aromatic carbocycles. The Kier molecular flexibility index (Phi) is 4.94. The van der Waals surface area contributed by atoms with Crippen molar-refractivity contribution >= 4 is 17.0 Å². The highest BCUT2D eigenvalue weighted by atomic mass is 16.5. The van der Waals surface area contributed by atoms with E-state index in [0.29, 0.717) is 28.7 Å². The van der Waals surface area contributed by atoms with E-state index in [1.54, 1.807) is 17.1 Å². The van der Waals surface area contributed by atoms with Crippen LogP contribution in [0.4, 0.5) is 5.95 Å². The Hall–Kier alpha value is -4.34. The maximum atomic E-state index is 12.7. The third kappa shape index (κ3) is 3.62. The third-order valence-corrected chi connectivity index (χ3v) is 5.04. The fraction of sp³-hybridized carbons (Fsp3) is 0.182. The van der Waals surface area contributed by atoms with Crippen LogP contribution < -0.4 is 10.9 Å². The number of aromatic nitrogens is 7. The molecule has 32 heavy (non-hydrogen) atoms. The van der Waals surface area contributed by atoms with Crippen LogP contribution in [-0.4, -0.2) is 34.9 Å². The zero-order valence-corrected chi connectivity index (χ0v) is 17.4. The van der Waals surface area contributed by atoms with E-state index in [2.05, 4.69) is 35.5 Å². The van der Waals surface area contributed by atoms with E-state index < -0.39 is 0 Å². The van der Waals surface area contributed by atoms with Crippen LogP contribution in [0.5, 0.6) is 0 Å². The van der Waals surface area contributed by atoms with E-state index in [0.717, 1.165) is 11.3 Å². The smallest absolute Gasteiger partial charge is 0.263 e. The molecule has 0 spiro atoms. The average Bonchev–Trinajstić information content (AvgIpc) is 3.46. The SMILES string of the molecule is CC(C)C(Nc1nc2c(cnn2-c2ccccc2)c(=O)[nH]1)c1nc(-c2ccncc2)no1. The van der Waals surface area contributed by atoms with E-state index in [9.17, 15) is 4.79 Å². The van der Waals surface area contributed by atoms with Crippen LogP contribution in [0.1, 0.15) is 25.8 Å². The Bertz CT molecular complexity index is 1410. The van der Waals surface area contributed by atoms with Crippen molar-refractivity contribution in [2.45, 2.75) is 19.9 Å². The molecule has 0 saturated heterocycles. The highest BCUT2D eigenvalue weighted by molar-refractivity contribution is 5.76. The van der Waals surface area contributed by atoms with Gasteiger partial charge in [-0.15, -0.1) is 0 Å². The normalized spacial score (nSPS) is 12.3. The molecule has 1 atom stereocenters. The van der Waals surface area contributed by atoms with E-state index in [4.69, 9.17) is 4.52 Å². The number of anilines is 1. The van der Waals surface area contributed by atoms with Crippen molar-refractivity contribution in [1.29, 1.82) is 0 Å². The Morgan fingerprint density at radius 2 is 1.84 bits per heavy atom. The number of para-hydroxylation sites is 1. The first-order chi connectivity index (χ1) is 15.6. The fourth-order valence-electron chi connectivity index (χ4n) is 3.39. The number of H-pyrrole nitrogens is 1. The minimum Gasteiger partial charge on any atom is -0.344 e. The summed E-state index contributed by atoms with van der Waals surface area (Å²) in [7, 11) is 0. The molecule has 0 saturated carbocycles. The van der Waals surface area contributed by atoms with Gasteiger partial charge in [-0.3, -0.25) is 14.8 Å². The van der Waals surface area contributed by atoms with Crippen LogP contribution in [0.25, 0.3) is 28.1 Å². The quantitative estimate of drug-likeness (QED) is 0.421. The number of aromatic amines is 1. The van der Waals surface area contributed by atoms with Crippen molar-refractivity contribution in [2.24, 2.45) is 5.92 Å². The van der Waals surface area contributed by atoms with Gasteiger partial charge < -0.3 is 9.84 Å². The lowest BCUT2D eigenvalue weighted by atomic mass is 10.0. The maximum Gasteiger partial charge on any atom is 0.263 e. The molecule has 1 unspecified atom stereocenters. The van der Waals surface area contributed by atoms with Gasteiger partial charge in [0.25, 0.3) is 5.56 Å². The summed E-state index contributed by atoms with van der Waals surface area (Å²) in [5, 5.41) is 12.1. The van der Waals surface area contributed by atoms with Gasteiger partial charge >= 0.3 is 0 Å². The molecule has 4 aromatic heterocycles. The van der Waals surface area contributed by atoms with E-state index in [1.807, 2.05) is 56.3 Å². The average molecular weight is 428 g/mol. The van der Waals surface area contributed by atoms with E-state index in [1.165, 1.54) is 6.20 Å². The van der Waals surface area contributed by atoms with E-state index >= 15 is 0 Å². The van der Waals surface area contributed by atoms with Crippen LogP contribution >= 0.6 is 0 Å². The van der Waals surface area contributed by atoms with Crippen molar-refractivity contribution in [1.82, 2.24) is 34.9 Å². The summed E-state index contributed by atoms with van der Waals surface area (Å²) in [6, 6.07) is 12.8.